The van der Waals surface area contributed by atoms with Gasteiger partial charge in [0, 0.05) is 60.9 Å². The number of nitrogens with zero attached hydrogens (tertiary/aromatic N) is 5. The second-order valence-electron chi connectivity index (χ2n) is 12.4. The highest BCUT2D eigenvalue weighted by Crippen LogP contribution is 2.48. The van der Waals surface area contributed by atoms with E-state index in [4.69, 9.17) is 10.1 Å². The molecule has 44 heavy (non-hydrogen) atoms. The highest BCUT2D eigenvalue weighted by atomic mass is 79.9. The van der Waals surface area contributed by atoms with Crippen molar-refractivity contribution in [1.29, 1.82) is 0 Å². The molecule has 224 valence electrons. The lowest BCUT2D eigenvalue weighted by molar-refractivity contribution is -0.131. The second kappa shape index (κ2) is 11.1. The number of carboxylic acid groups (broad SMARTS) is 1. The van der Waals surface area contributed by atoms with E-state index in [0.29, 0.717) is 23.7 Å². The molecule has 0 spiro atoms. The third-order valence-corrected chi connectivity index (χ3v) is 10.2. The van der Waals surface area contributed by atoms with Crippen molar-refractivity contribution in [3.05, 3.63) is 81.9 Å². The van der Waals surface area contributed by atoms with Crippen LogP contribution in [0.25, 0.3) is 39.5 Å². The predicted octanol–water partition coefficient (Wildman–Crippen LogP) is 7.73. The van der Waals surface area contributed by atoms with Crippen LogP contribution in [0, 0.1) is 0 Å². The molecule has 2 aromatic carbocycles. The Morgan fingerprint density at radius 1 is 1.00 bits per heavy atom. The van der Waals surface area contributed by atoms with Gasteiger partial charge < -0.3 is 14.2 Å². The van der Waals surface area contributed by atoms with Crippen LogP contribution < -0.4 is 0 Å². The number of Topliss-reactive ketones (excluding diaryl/α,β-unsaturated/α-hetero) is 1. The molecule has 0 aliphatic heterocycles. The summed E-state index contributed by atoms with van der Waals surface area (Å²) in [6.07, 6.45) is 14.3. The van der Waals surface area contributed by atoms with Crippen LogP contribution in [-0.2, 0) is 24.3 Å². The Bertz CT molecular complexity index is 1960. The van der Waals surface area contributed by atoms with Gasteiger partial charge in [-0.05, 0) is 82.9 Å². The third kappa shape index (κ3) is 4.87. The highest BCUT2D eigenvalue weighted by molar-refractivity contribution is 9.10. The lowest BCUT2D eigenvalue weighted by Gasteiger charge is -2.40. The molecule has 2 saturated carbocycles. The number of carboxylic acids is 1. The summed E-state index contributed by atoms with van der Waals surface area (Å²) in [5.74, 6) is 1.22. The van der Waals surface area contributed by atoms with E-state index in [1.807, 2.05) is 31.3 Å². The minimum absolute atomic E-state index is 0.119. The van der Waals surface area contributed by atoms with Crippen LogP contribution in [0.5, 0.6) is 0 Å². The number of carbonyl (C=O) groups is 2. The van der Waals surface area contributed by atoms with Crippen LogP contribution in [-0.4, -0.2) is 40.9 Å². The summed E-state index contributed by atoms with van der Waals surface area (Å²) in [6, 6.07) is 11.9. The lowest BCUT2D eigenvalue weighted by Crippen LogP contribution is -2.39. The maximum atomic E-state index is 14.0. The molecule has 0 saturated heterocycles. The van der Waals surface area contributed by atoms with Gasteiger partial charge in [-0.25, -0.2) is 19.7 Å². The molecular weight excluding hydrogens is 618 g/mol. The summed E-state index contributed by atoms with van der Waals surface area (Å²) < 4.78 is 5.10. The van der Waals surface area contributed by atoms with Gasteiger partial charge in [0.05, 0.1) is 21.2 Å². The fourth-order valence-corrected chi connectivity index (χ4v) is 7.62. The first-order chi connectivity index (χ1) is 21.2. The Labute approximate surface area is 264 Å². The molecule has 1 N–H and O–H groups in total. The zero-order valence-electron chi connectivity index (χ0n) is 24.9. The lowest BCUT2D eigenvalue weighted by atomic mass is 9.64. The molecule has 0 atom stereocenters. The highest BCUT2D eigenvalue weighted by Gasteiger charge is 2.44. The number of hydrogen-bond donors (Lipinski definition) is 1. The Morgan fingerprint density at radius 2 is 1.75 bits per heavy atom. The quantitative estimate of drug-likeness (QED) is 0.136. The largest absolute Gasteiger partial charge is 0.478 e. The fraction of sp³-hybridized carbons (Fsp3) is 0.343. The smallest absolute Gasteiger partial charge is 0.328 e. The van der Waals surface area contributed by atoms with E-state index < -0.39 is 5.97 Å². The Morgan fingerprint density at radius 3 is 2.43 bits per heavy atom. The van der Waals surface area contributed by atoms with Crippen LogP contribution in [0.1, 0.15) is 84.6 Å². The standard InChI is InChI=1S/C35H34BrN5O3/c1-40-27-17-23(10-11-25(27)31(22-6-3-4-7-22)32(40)33-37-19-24(36)20-38-33)29(42)18-35(14-5-15-35)34-39-26-12-8-21(9-13-30(43)44)16-28(26)41(34)2/h8-13,16-17,19-20,22H,3-7,14-15,18H2,1-2H3,(H,43,44)/b13-9+. The first-order valence-electron chi connectivity index (χ1n) is 15.3. The van der Waals surface area contributed by atoms with Crippen LogP contribution in [0.4, 0.5) is 0 Å². The fourth-order valence-electron chi connectivity index (χ4n) is 7.42. The average Bonchev–Trinajstić information content (AvgIpc) is 3.71. The second-order valence-corrected chi connectivity index (χ2v) is 13.3. The number of benzene rings is 2. The van der Waals surface area contributed by atoms with Crippen molar-refractivity contribution in [3.8, 4) is 11.5 Å². The van der Waals surface area contributed by atoms with Gasteiger partial charge in [-0.15, -0.1) is 0 Å². The van der Waals surface area contributed by atoms with Gasteiger partial charge in [0.15, 0.2) is 11.6 Å². The van der Waals surface area contributed by atoms with Crippen molar-refractivity contribution in [2.24, 2.45) is 14.1 Å². The Balaban J connectivity index is 1.24. The SMILES string of the molecule is Cn1c(C2(CC(=O)c3ccc4c(C5CCCC5)c(-c5ncc(Br)cn5)n(C)c4c3)CCC2)nc2ccc(/C=C/C(=O)O)cc21. The topological polar surface area (TPSA) is 103 Å². The number of carbonyl (C=O) groups excluding carboxylic acids is 1. The van der Waals surface area contributed by atoms with E-state index in [0.717, 1.165) is 76.3 Å². The van der Waals surface area contributed by atoms with E-state index in [2.05, 4.69) is 54.2 Å². The zero-order valence-corrected chi connectivity index (χ0v) is 26.5. The summed E-state index contributed by atoms with van der Waals surface area (Å²) in [5, 5.41) is 10.2. The molecular formula is C35H34BrN5O3. The van der Waals surface area contributed by atoms with E-state index in [9.17, 15) is 9.59 Å². The van der Waals surface area contributed by atoms with Gasteiger partial charge in [0.1, 0.15) is 5.82 Å². The minimum atomic E-state index is -0.983. The molecule has 7 rings (SSSR count). The van der Waals surface area contributed by atoms with Crippen molar-refractivity contribution in [2.45, 2.75) is 62.7 Å². The van der Waals surface area contributed by atoms with E-state index in [1.54, 1.807) is 18.5 Å². The van der Waals surface area contributed by atoms with E-state index >= 15 is 0 Å². The van der Waals surface area contributed by atoms with Crippen LogP contribution in [0.15, 0.2) is 59.3 Å². The Hall–Kier alpha value is -4.11. The summed E-state index contributed by atoms with van der Waals surface area (Å²) in [6.45, 7) is 0. The first kappa shape index (κ1) is 28.6. The number of imidazole rings is 1. The molecule has 0 amide bonds. The van der Waals surface area contributed by atoms with Gasteiger partial charge in [0.25, 0.3) is 0 Å². The molecule has 0 bridgehead atoms. The maximum absolute atomic E-state index is 14.0. The van der Waals surface area contributed by atoms with Gasteiger partial charge in [-0.3, -0.25) is 4.79 Å². The van der Waals surface area contributed by atoms with E-state index in [1.165, 1.54) is 23.8 Å². The Kier molecular flexibility index (Phi) is 7.23. The summed E-state index contributed by atoms with van der Waals surface area (Å²) in [7, 11) is 4.05. The molecule has 3 heterocycles. The van der Waals surface area contributed by atoms with Crippen LogP contribution in [0.2, 0.25) is 0 Å². The molecule has 8 nitrogen and oxygen atoms in total. The van der Waals surface area contributed by atoms with Crippen molar-refractivity contribution in [1.82, 2.24) is 24.1 Å². The predicted molar refractivity (Wildman–Crippen MR) is 175 cm³/mol. The molecule has 5 aromatic rings. The molecule has 2 fully saturated rings. The third-order valence-electron chi connectivity index (χ3n) is 9.76. The monoisotopic (exact) mass is 651 g/mol. The van der Waals surface area contributed by atoms with Crippen molar-refractivity contribution >= 4 is 55.7 Å². The number of aryl methyl sites for hydroxylation is 2. The van der Waals surface area contributed by atoms with Crippen molar-refractivity contribution in [3.63, 3.8) is 0 Å². The number of fused-ring (bicyclic) bond motifs is 2. The minimum Gasteiger partial charge on any atom is -0.478 e. The number of halogens is 1. The van der Waals surface area contributed by atoms with Gasteiger partial charge >= 0.3 is 5.97 Å². The number of aromatic nitrogens is 5. The van der Waals surface area contributed by atoms with Crippen LogP contribution >= 0.6 is 15.9 Å². The van der Waals surface area contributed by atoms with Gasteiger partial charge in [0.2, 0.25) is 0 Å². The van der Waals surface area contributed by atoms with Crippen molar-refractivity contribution in [2.75, 3.05) is 0 Å². The zero-order chi connectivity index (χ0) is 30.6. The normalized spacial score (nSPS) is 16.7. The maximum Gasteiger partial charge on any atom is 0.328 e. The molecule has 0 unspecified atom stereocenters. The number of hydrogen-bond acceptors (Lipinski definition) is 5. The first-order valence-corrected chi connectivity index (χ1v) is 16.0. The molecule has 0 radical (unpaired) electrons. The molecule has 2 aliphatic carbocycles. The number of ketones is 1. The molecule has 2 aliphatic rings. The summed E-state index contributed by atoms with van der Waals surface area (Å²) >= 11 is 3.46. The molecule has 9 heteroatoms. The molecule has 3 aromatic heterocycles. The van der Waals surface area contributed by atoms with Crippen molar-refractivity contribution < 1.29 is 14.7 Å². The summed E-state index contributed by atoms with van der Waals surface area (Å²) in [4.78, 5) is 39.4. The number of rotatable bonds is 8. The van der Waals surface area contributed by atoms with E-state index in [-0.39, 0.29) is 11.2 Å². The summed E-state index contributed by atoms with van der Waals surface area (Å²) in [5.41, 5.74) is 6.34. The average molecular weight is 653 g/mol. The van der Waals surface area contributed by atoms with Crippen LogP contribution in [0.3, 0.4) is 0 Å². The van der Waals surface area contributed by atoms with Gasteiger partial charge in [-0.1, -0.05) is 37.5 Å². The van der Waals surface area contributed by atoms with Gasteiger partial charge in [-0.2, -0.15) is 0 Å². The number of aliphatic carboxylic acids is 1.